The number of thiocarbonyl (C=S) groups is 1. The van der Waals surface area contributed by atoms with Gasteiger partial charge in [-0.3, -0.25) is 4.79 Å². The third-order valence-electron chi connectivity index (χ3n) is 4.03. The molecule has 0 saturated heterocycles. The second kappa shape index (κ2) is 7.81. The quantitative estimate of drug-likeness (QED) is 0.795. The number of hydrogen-bond acceptors (Lipinski definition) is 4. The fourth-order valence-electron chi connectivity index (χ4n) is 2.90. The van der Waals surface area contributed by atoms with E-state index in [4.69, 9.17) is 22.2 Å². The van der Waals surface area contributed by atoms with Gasteiger partial charge in [0.05, 0.1) is 11.7 Å². The van der Waals surface area contributed by atoms with E-state index in [-0.39, 0.29) is 18.4 Å². The highest BCUT2D eigenvalue weighted by Crippen LogP contribution is 2.32. The maximum atomic E-state index is 12.4. The number of nitrogens with one attached hydrogen (secondary N) is 2. The average Bonchev–Trinajstić information content (AvgIpc) is 2.66. The zero-order valence-corrected chi connectivity index (χ0v) is 15.0. The van der Waals surface area contributed by atoms with Gasteiger partial charge in [-0.1, -0.05) is 42.5 Å². The molecule has 0 fully saturated rings. The Hall–Kier alpha value is -3.17. The van der Waals surface area contributed by atoms with Crippen LogP contribution in [0.4, 0.5) is 0 Å². The van der Waals surface area contributed by atoms with Crippen molar-refractivity contribution in [1.29, 1.82) is 5.26 Å². The maximum absolute atomic E-state index is 12.4. The highest BCUT2D eigenvalue weighted by Gasteiger charge is 2.30. The predicted octanol–water partition coefficient (Wildman–Crippen LogP) is 3.11. The lowest BCUT2D eigenvalue weighted by Gasteiger charge is -2.31. The molecule has 2 N–H and O–H groups in total. The molecule has 1 atom stereocenters. The van der Waals surface area contributed by atoms with Crippen LogP contribution in [0.15, 0.2) is 60.2 Å². The molecule has 6 heteroatoms. The molecule has 1 aliphatic heterocycles. The number of carbonyl (C=O) groups excluding carboxylic acids is 1. The van der Waals surface area contributed by atoms with E-state index in [2.05, 4.69) is 10.6 Å². The summed E-state index contributed by atoms with van der Waals surface area (Å²) in [5, 5.41) is 15.4. The minimum absolute atomic E-state index is 0.00815. The van der Waals surface area contributed by atoms with Crippen LogP contribution in [0.25, 0.3) is 5.70 Å². The van der Waals surface area contributed by atoms with Gasteiger partial charge in [0.25, 0.3) is 0 Å². The van der Waals surface area contributed by atoms with Crippen LogP contribution in [0.2, 0.25) is 0 Å². The summed E-state index contributed by atoms with van der Waals surface area (Å²) in [6.07, 6.45) is 0. The van der Waals surface area contributed by atoms with Crippen LogP contribution < -0.4 is 15.4 Å². The van der Waals surface area contributed by atoms with E-state index < -0.39 is 0 Å². The SMILES string of the molecule is CC(=O)C1=C(c2ccccc2)NC(=S)N[C@H]1c1ccc(OCC#N)cc1. The second-order valence-electron chi connectivity index (χ2n) is 5.76. The Morgan fingerprint density at radius 2 is 1.88 bits per heavy atom. The van der Waals surface area contributed by atoms with Crippen LogP contribution in [-0.2, 0) is 4.79 Å². The Balaban J connectivity index is 2.03. The Bertz CT molecular complexity index is 899. The minimum atomic E-state index is -0.360. The normalized spacial score (nSPS) is 16.3. The van der Waals surface area contributed by atoms with Crippen molar-refractivity contribution in [2.45, 2.75) is 13.0 Å². The lowest BCUT2D eigenvalue weighted by Crippen LogP contribution is -2.44. The Kier molecular flexibility index (Phi) is 5.30. The molecule has 0 aromatic heterocycles. The number of nitriles is 1. The molecule has 0 unspecified atom stereocenters. The smallest absolute Gasteiger partial charge is 0.174 e. The van der Waals surface area contributed by atoms with E-state index in [0.29, 0.717) is 16.4 Å². The zero-order valence-electron chi connectivity index (χ0n) is 14.2. The first-order valence-corrected chi connectivity index (χ1v) is 8.48. The Morgan fingerprint density at radius 1 is 1.19 bits per heavy atom. The molecule has 0 saturated carbocycles. The first-order chi connectivity index (χ1) is 12.6. The first kappa shape index (κ1) is 17.6. The maximum Gasteiger partial charge on any atom is 0.174 e. The Morgan fingerprint density at radius 3 is 2.50 bits per heavy atom. The van der Waals surface area contributed by atoms with Crippen molar-refractivity contribution >= 4 is 28.8 Å². The fourth-order valence-corrected chi connectivity index (χ4v) is 3.12. The van der Waals surface area contributed by atoms with E-state index in [1.165, 1.54) is 0 Å². The van der Waals surface area contributed by atoms with Gasteiger partial charge in [0.1, 0.15) is 11.8 Å². The van der Waals surface area contributed by atoms with Crippen LogP contribution in [0, 0.1) is 11.3 Å². The van der Waals surface area contributed by atoms with Crippen molar-refractivity contribution < 1.29 is 9.53 Å². The summed E-state index contributed by atoms with van der Waals surface area (Å²) in [5.41, 5.74) is 3.13. The molecule has 5 nitrogen and oxygen atoms in total. The average molecular weight is 363 g/mol. The van der Waals surface area contributed by atoms with Gasteiger partial charge < -0.3 is 15.4 Å². The number of rotatable bonds is 5. The van der Waals surface area contributed by atoms with Gasteiger partial charge in [-0.05, 0) is 42.4 Å². The number of Topliss-reactive ketones (excluding diaryl/α,β-unsaturated/α-hetero) is 1. The number of carbonyl (C=O) groups is 1. The number of nitrogens with zero attached hydrogens (tertiary/aromatic N) is 1. The van der Waals surface area contributed by atoms with E-state index >= 15 is 0 Å². The fraction of sp³-hybridized carbons (Fsp3) is 0.150. The van der Waals surface area contributed by atoms with Crippen LogP contribution in [0.5, 0.6) is 5.75 Å². The topological polar surface area (TPSA) is 74.2 Å². The molecule has 0 bridgehead atoms. The number of benzene rings is 2. The number of ether oxygens (including phenoxy) is 1. The molecule has 2 aromatic carbocycles. The third-order valence-corrected chi connectivity index (χ3v) is 4.25. The van der Waals surface area contributed by atoms with Crippen LogP contribution in [0.3, 0.4) is 0 Å². The number of ketones is 1. The summed E-state index contributed by atoms with van der Waals surface area (Å²) in [6, 6.07) is 18.5. The Labute approximate surface area is 157 Å². The first-order valence-electron chi connectivity index (χ1n) is 8.08. The van der Waals surface area contributed by atoms with Gasteiger partial charge >= 0.3 is 0 Å². The summed E-state index contributed by atoms with van der Waals surface area (Å²) >= 11 is 5.35. The molecule has 1 heterocycles. The zero-order chi connectivity index (χ0) is 18.5. The summed E-state index contributed by atoms with van der Waals surface area (Å²) in [4.78, 5) is 12.4. The summed E-state index contributed by atoms with van der Waals surface area (Å²) < 4.78 is 5.28. The summed E-state index contributed by atoms with van der Waals surface area (Å²) in [7, 11) is 0. The molecular formula is C20H17N3O2S. The van der Waals surface area contributed by atoms with Gasteiger partial charge in [-0.25, -0.2) is 0 Å². The molecule has 0 radical (unpaired) electrons. The molecule has 0 spiro atoms. The van der Waals surface area contributed by atoms with Gasteiger partial charge in [0, 0.05) is 5.57 Å². The van der Waals surface area contributed by atoms with Crippen molar-refractivity contribution in [2.24, 2.45) is 0 Å². The van der Waals surface area contributed by atoms with Crippen molar-refractivity contribution in [3.8, 4) is 11.8 Å². The standard InChI is InChI=1S/C20H17N3O2S/c1-13(24)17-18(14-5-3-2-4-6-14)22-20(26)23-19(17)15-7-9-16(10-8-15)25-12-11-21/h2-10,19H,12H2,1H3,(H2,22,23,26)/t19-/m0/s1. The van der Waals surface area contributed by atoms with Crippen molar-refractivity contribution in [3.05, 3.63) is 71.3 Å². The van der Waals surface area contributed by atoms with E-state index in [1.54, 1.807) is 19.1 Å². The van der Waals surface area contributed by atoms with Gasteiger partial charge in [0.15, 0.2) is 17.5 Å². The van der Waals surface area contributed by atoms with Crippen molar-refractivity contribution in [3.63, 3.8) is 0 Å². The third kappa shape index (κ3) is 3.73. The van der Waals surface area contributed by atoms with E-state index in [0.717, 1.165) is 16.8 Å². The van der Waals surface area contributed by atoms with Crippen molar-refractivity contribution in [2.75, 3.05) is 6.61 Å². The predicted molar refractivity (Wildman–Crippen MR) is 103 cm³/mol. The molecule has 26 heavy (non-hydrogen) atoms. The molecule has 130 valence electrons. The lowest BCUT2D eigenvalue weighted by atomic mass is 9.90. The molecular weight excluding hydrogens is 346 g/mol. The van der Waals surface area contributed by atoms with Crippen molar-refractivity contribution in [1.82, 2.24) is 10.6 Å². The highest BCUT2D eigenvalue weighted by molar-refractivity contribution is 7.80. The van der Waals surface area contributed by atoms with Crippen LogP contribution in [-0.4, -0.2) is 17.5 Å². The highest BCUT2D eigenvalue weighted by atomic mass is 32.1. The lowest BCUT2D eigenvalue weighted by molar-refractivity contribution is -0.113. The largest absolute Gasteiger partial charge is 0.479 e. The van der Waals surface area contributed by atoms with Gasteiger partial charge in [-0.2, -0.15) is 5.26 Å². The van der Waals surface area contributed by atoms with Crippen LogP contribution in [0.1, 0.15) is 24.1 Å². The summed E-state index contributed by atoms with van der Waals surface area (Å²) in [6.45, 7) is 1.54. The van der Waals surface area contributed by atoms with E-state index in [1.807, 2.05) is 48.5 Å². The van der Waals surface area contributed by atoms with E-state index in [9.17, 15) is 4.79 Å². The molecule has 0 amide bonds. The van der Waals surface area contributed by atoms with Crippen LogP contribution >= 0.6 is 12.2 Å². The second-order valence-corrected chi connectivity index (χ2v) is 6.17. The monoisotopic (exact) mass is 363 g/mol. The van der Waals surface area contributed by atoms with Gasteiger partial charge in [-0.15, -0.1) is 0 Å². The molecule has 3 rings (SSSR count). The van der Waals surface area contributed by atoms with Gasteiger partial charge in [0.2, 0.25) is 0 Å². The molecule has 0 aliphatic carbocycles. The minimum Gasteiger partial charge on any atom is -0.479 e. The molecule has 2 aromatic rings. The molecule has 1 aliphatic rings. The number of hydrogen-bond donors (Lipinski definition) is 2. The summed E-state index contributed by atoms with van der Waals surface area (Å²) in [5.74, 6) is 0.560.